The van der Waals surface area contributed by atoms with Crippen LogP contribution in [0.15, 0.2) is 12.4 Å². The van der Waals surface area contributed by atoms with Crippen LogP contribution in [0, 0.1) is 0 Å². The third kappa shape index (κ3) is 5.58. The van der Waals surface area contributed by atoms with Crippen molar-refractivity contribution in [1.29, 1.82) is 0 Å². The maximum atomic E-state index is 12.2. The first-order valence-corrected chi connectivity index (χ1v) is 10.1. The molecule has 3 heterocycles. The SMILES string of the molecule is C[C@@H]1[C@H](NC(=O)OC(C)(C)C)CCCN1c1nnc(C(N)=O)c(Nc2cnn(C)c2)n1. The van der Waals surface area contributed by atoms with E-state index in [9.17, 15) is 9.59 Å². The molecule has 1 aliphatic rings. The highest BCUT2D eigenvalue weighted by Crippen LogP contribution is 2.25. The molecule has 1 aliphatic heterocycles. The molecule has 2 atom stereocenters. The Bertz CT molecular complexity index is 953. The molecule has 31 heavy (non-hydrogen) atoms. The van der Waals surface area contributed by atoms with Gasteiger partial charge < -0.3 is 26.0 Å². The van der Waals surface area contributed by atoms with Gasteiger partial charge in [0.25, 0.3) is 5.91 Å². The predicted octanol–water partition coefficient (Wildman–Crippen LogP) is 1.33. The average Bonchev–Trinajstić information content (AvgIpc) is 3.06. The minimum Gasteiger partial charge on any atom is -0.444 e. The number of carbonyl (C=O) groups is 2. The van der Waals surface area contributed by atoms with Gasteiger partial charge in [-0.1, -0.05) is 0 Å². The number of primary amides is 1. The standard InChI is InChI=1S/C19H29N9O3/c1-11-13(23-18(30)31-19(2,3)4)7-6-8-28(11)17-24-16(14(15(20)29)25-26-17)22-12-9-21-27(5)10-12/h9-11,13H,6-8H2,1-5H3,(H2,20,29)(H,23,30)(H,22,24,26)/t11-,13-/m1/s1. The third-order valence-corrected chi connectivity index (χ3v) is 4.82. The monoisotopic (exact) mass is 431 g/mol. The van der Waals surface area contributed by atoms with E-state index in [-0.39, 0.29) is 23.6 Å². The number of carbonyl (C=O) groups excluding carboxylic acids is 2. The van der Waals surface area contributed by atoms with Crippen LogP contribution < -0.4 is 21.3 Å². The van der Waals surface area contributed by atoms with Crippen LogP contribution in [0.4, 0.5) is 22.2 Å². The molecule has 4 N–H and O–H groups in total. The van der Waals surface area contributed by atoms with Crippen molar-refractivity contribution >= 4 is 29.5 Å². The zero-order chi connectivity index (χ0) is 22.8. The van der Waals surface area contributed by atoms with Crippen LogP contribution in [-0.2, 0) is 11.8 Å². The van der Waals surface area contributed by atoms with Crippen LogP contribution in [0.5, 0.6) is 0 Å². The fourth-order valence-corrected chi connectivity index (χ4v) is 3.39. The highest BCUT2D eigenvalue weighted by molar-refractivity contribution is 5.96. The first kappa shape index (κ1) is 22.2. The van der Waals surface area contributed by atoms with Gasteiger partial charge in [0.2, 0.25) is 5.95 Å². The summed E-state index contributed by atoms with van der Waals surface area (Å²) in [6.45, 7) is 8.11. The summed E-state index contributed by atoms with van der Waals surface area (Å²) in [5, 5.41) is 18.2. The van der Waals surface area contributed by atoms with E-state index in [0.717, 1.165) is 12.8 Å². The smallest absolute Gasteiger partial charge is 0.407 e. The second-order valence-corrected chi connectivity index (χ2v) is 8.53. The van der Waals surface area contributed by atoms with E-state index >= 15 is 0 Å². The number of alkyl carbamates (subject to hydrolysis) is 1. The Hall–Kier alpha value is -3.44. The molecule has 12 nitrogen and oxygen atoms in total. The lowest BCUT2D eigenvalue weighted by molar-refractivity contribution is 0.0489. The molecule has 0 radical (unpaired) electrons. The summed E-state index contributed by atoms with van der Waals surface area (Å²) in [7, 11) is 1.77. The summed E-state index contributed by atoms with van der Waals surface area (Å²) in [5.74, 6) is -0.214. The van der Waals surface area contributed by atoms with Gasteiger partial charge in [-0.25, -0.2) is 4.79 Å². The van der Waals surface area contributed by atoms with Gasteiger partial charge in [0.1, 0.15) is 5.60 Å². The number of hydrogen-bond acceptors (Lipinski definition) is 9. The van der Waals surface area contributed by atoms with E-state index in [1.807, 2.05) is 32.6 Å². The summed E-state index contributed by atoms with van der Waals surface area (Å²) in [6.07, 6.45) is 4.48. The highest BCUT2D eigenvalue weighted by atomic mass is 16.6. The van der Waals surface area contributed by atoms with Gasteiger partial charge in [-0.2, -0.15) is 10.1 Å². The Balaban J connectivity index is 1.81. The molecule has 2 amide bonds. The number of piperidine rings is 1. The maximum Gasteiger partial charge on any atom is 0.407 e. The largest absolute Gasteiger partial charge is 0.444 e. The molecule has 0 aromatic carbocycles. The van der Waals surface area contributed by atoms with Gasteiger partial charge in [-0.15, -0.1) is 10.2 Å². The second-order valence-electron chi connectivity index (χ2n) is 8.53. The first-order valence-electron chi connectivity index (χ1n) is 10.1. The number of aromatic nitrogens is 5. The van der Waals surface area contributed by atoms with Crippen molar-refractivity contribution in [3.8, 4) is 0 Å². The Morgan fingerprint density at radius 1 is 1.29 bits per heavy atom. The third-order valence-electron chi connectivity index (χ3n) is 4.82. The van der Waals surface area contributed by atoms with Gasteiger partial charge in [-0.3, -0.25) is 9.48 Å². The van der Waals surface area contributed by atoms with Crippen LogP contribution in [0.2, 0.25) is 0 Å². The van der Waals surface area contributed by atoms with Gasteiger partial charge in [-0.05, 0) is 40.5 Å². The van der Waals surface area contributed by atoms with Gasteiger partial charge in [0.05, 0.1) is 17.9 Å². The van der Waals surface area contributed by atoms with Gasteiger partial charge in [0.15, 0.2) is 11.5 Å². The molecular formula is C19H29N9O3. The number of nitrogens with one attached hydrogen (secondary N) is 2. The highest BCUT2D eigenvalue weighted by Gasteiger charge is 2.32. The summed E-state index contributed by atoms with van der Waals surface area (Å²) < 4.78 is 6.99. The quantitative estimate of drug-likeness (QED) is 0.636. The molecule has 12 heteroatoms. The number of nitrogens with two attached hydrogens (primary N) is 1. The molecule has 0 aliphatic carbocycles. The molecule has 1 saturated heterocycles. The van der Waals surface area contributed by atoms with Gasteiger partial charge >= 0.3 is 6.09 Å². The number of ether oxygens (including phenoxy) is 1. The summed E-state index contributed by atoms with van der Waals surface area (Å²) in [4.78, 5) is 30.5. The van der Waals surface area contributed by atoms with E-state index in [0.29, 0.717) is 18.2 Å². The second kappa shape index (κ2) is 8.74. The van der Waals surface area contributed by atoms with Crippen LogP contribution in [-0.4, -0.2) is 61.2 Å². The van der Waals surface area contributed by atoms with E-state index in [2.05, 4.69) is 30.9 Å². The first-order chi connectivity index (χ1) is 14.5. The van der Waals surface area contributed by atoms with E-state index in [4.69, 9.17) is 10.5 Å². The van der Waals surface area contributed by atoms with Gasteiger partial charge in [0, 0.05) is 25.8 Å². The molecule has 3 rings (SSSR count). The fraction of sp³-hybridized carbons (Fsp3) is 0.579. The van der Waals surface area contributed by atoms with Crippen LogP contribution in [0.3, 0.4) is 0 Å². The topological polar surface area (TPSA) is 153 Å². The molecular weight excluding hydrogens is 402 g/mol. The normalized spacial score (nSPS) is 19.1. The Morgan fingerprint density at radius 2 is 2.03 bits per heavy atom. The lowest BCUT2D eigenvalue weighted by Gasteiger charge is -2.39. The van der Waals surface area contributed by atoms with Crippen LogP contribution in [0.1, 0.15) is 51.0 Å². The average molecular weight is 432 g/mol. The fourth-order valence-electron chi connectivity index (χ4n) is 3.39. The van der Waals surface area contributed by atoms with Crippen molar-refractivity contribution in [2.24, 2.45) is 12.8 Å². The van der Waals surface area contributed by atoms with E-state index in [1.165, 1.54) is 0 Å². The molecule has 168 valence electrons. The van der Waals surface area contributed by atoms with Crippen molar-refractivity contribution in [1.82, 2.24) is 30.3 Å². The number of anilines is 3. The Labute approximate surface area is 180 Å². The van der Waals surface area contributed by atoms with E-state index < -0.39 is 17.6 Å². The zero-order valence-electron chi connectivity index (χ0n) is 18.4. The molecule has 1 fully saturated rings. The van der Waals surface area contributed by atoms with Crippen molar-refractivity contribution in [2.45, 2.75) is 58.2 Å². The molecule has 2 aromatic rings. The number of aryl methyl sites for hydroxylation is 1. The van der Waals surface area contributed by atoms with Crippen molar-refractivity contribution < 1.29 is 14.3 Å². The van der Waals surface area contributed by atoms with Crippen LogP contribution >= 0.6 is 0 Å². The molecule has 0 saturated carbocycles. The number of hydrogen-bond donors (Lipinski definition) is 3. The summed E-state index contributed by atoms with van der Waals surface area (Å²) in [5.41, 5.74) is 5.43. The van der Waals surface area contributed by atoms with Crippen LogP contribution in [0.25, 0.3) is 0 Å². The number of nitrogens with zero attached hydrogens (tertiary/aromatic N) is 6. The van der Waals surface area contributed by atoms with Crippen molar-refractivity contribution in [3.63, 3.8) is 0 Å². The van der Waals surface area contributed by atoms with Crippen molar-refractivity contribution in [3.05, 3.63) is 18.1 Å². The zero-order valence-corrected chi connectivity index (χ0v) is 18.4. The van der Waals surface area contributed by atoms with E-state index in [1.54, 1.807) is 24.1 Å². The number of rotatable bonds is 5. The molecule has 0 bridgehead atoms. The molecule has 0 spiro atoms. The number of amides is 2. The lowest BCUT2D eigenvalue weighted by Crippen LogP contribution is -2.55. The van der Waals surface area contributed by atoms with Crippen molar-refractivity contribution in [2.75, 3.05) is 16.8 Å². The Morgan fingerprint density at radius 3 is 2.65 bits per heavy atom. The molecule has 0 unspecified atom stereocenters. The minimum atomic E-state index is -0.742. The summed E-state index contributed by atoms with van der Waals surface area (Å²) >= 11 is 0. The minimum absolute atomic E-state index is 0.0688. The summed E-state index contributed by atoms with van der Waals surface area (Å²) in [6, 6.07) is -0.272. The Kier molecular flexibility index (Phi) is 6.27. The molecule has 2 aromatic heterocycles. The maximum absolute atomic E-state index is 12.2. The lowest BCUT2D eigenvalue weighted by atomic mass is 9.98. The predicted molar refractivity (Wildman–Crippen MR) is 114 cm³/mol.